The van der Waals surface area contributed by atoms with Crippen molar-refractivity contribution in [1.82, 2.24) is 5.32 Å². The number of phenolic OH excluding ortho intramolecular Hbond substituents is 1. The third kappa shape index (κ3) is 4.11. The van der Waals surface area contributed by atoms with Crippen molar-refractivity contribution in [2.24, 2.45) is 0 Å². The second kappa shape index (κ2) is 6.38. The highest BCUT2D eigenvalue weighted by atomic mass is 35.5. The summed E-state index contributed by atoms with van der Waals surface area (Å²) in [5.41, 5.74) is 0.526. The molecule has 88 valence electrons. The van der Waals surface area contributed by atoms with E-state index >= 15 is 0 Å². The quantitative estimate of drug-likeness (QED) is 0.779. The highest BCUT2D eigenvalue weighted by Gasteiger charge is 2.08. The van der Waals surface area contributed by atoms with Crippen LogP contribution in [0.25, 0.3) is 0 Å². The molecule has 0 aliphatic rings. The van der Waals surface area contributed by atoms with Crippen molar-refractivity contribution >= 4 is 17.5 Å². The predicted molar refractivity (Wildman–Crippen MR) is 65.0 cm³/mol. The number of aromatic hydroxyl groups is 1. The second-order valence-electron chi connectivity index (χ2n) is 3.64. The van der Waals surface area contributed by atoms with E-state index in [1.165, 1.54) is 12.1 Å². The summed E-state index contributed by atoms with van der Waals surface area (Å²) in [6, 6.07) is 6.12. The number of carbonyl (C=O) groups is 1. The maximum Gasteiger partial charge on any atom is 0.251 e. The molecule has 1 aromatic rings. The van der Waals surface area contributed by atoms with E-state index in [4.69, 9.17) is 16.7 Å². The zero-order valence-corrected chi connectivity index (χ0v) is 10.00. The summed E-state index contributed by atoms with van der Waals surface area (Å²) >= 11 is 5.98. The lowest BCUT2D eigenvalue weighted by molar-refractivity contribution is 0.0953. The molecule has 0 bridgehead atoms. The average Bonchev–Trinajstić information content (AvgIpc) is 2.27. The smallest absolute Gasteiger partial charge is 0.251 e. The summed E-state index contributed by atoms with van der Waals surface area (Å²) in [6.45, 7) is 2.52. The van der Waals surface area contributed by atoms with Crippen molar-refractivity contribution in [3.05, 3.63) is 29.8 Å². The minimum atomic E-state index is -0.165. The van der Waals surface area contributed by atoms with E-state index in [1.54, 1.807) is 12.1 Å². The van der Waals surface area contributed by atoms with Gasteiger partial charge in [0.1, 0.15) is 5.75 Å². The van der Waals surface area contributed by atoms with Gasteiger partial charge in [-0.05, 0) is 30.7 Å². The van der Waals surface area contributed by atoms with Crippen LogP contribution in [0.4, 0.5) is 0 Å². The maximum atomic E-state index is 11.6. The predicted octanol–water partition coefficient (Wildman–Crippen LogP) is 2.53. The Balaban J connectivity index is 2.43. The van der Waals surface area contributed by atoms with Crippen LogP contribution in [-0.4, -0.2) is 22.9 Å². The fourth-order valence-electron chi connectivity index (χ4n) is 1.33. The molecule has 3 nitrogen and oxygen atoms in total. The molecule has 1 amide bonds. The molecule has 16 heavy (non-hydrogen) atoms. The van der Waals surface area contributed by atoms with E-state index in [0.29, 0.717) is 12.1 Å². The van der Waals surface area contributed by atoms with Crippen molar-refractivity contribution in [2.75, 3.05) is 6.54 Å². The molecule has 1 aromatic carbocycles. The number of hydrogen-bond acceptors (Lipinski definition) is 2. The van der Waals surface area contributed by atoms with Crippen LogP contribution in [-0.2, 0) is 0 Å². The van der Waals surface area contributed by atoms with Gasteiger partial charge in [0.05, 0.1) is 5.38 Å². The van der Waals surface area contributed by atoms with E-state index in [0.717, 1.165) is 12.8 Å². The van der Waals surface area contributed by atoms with Crippen LogP contribution in [0, 0.1) is 0 Å². The normalized spacial score (nSPS) is 12.1. The van der Waals surface area contributed by atoms with Gasteiger partial charge in [0, 0.05) is 12.1 Å². The number of phenols is 1. The van der Waals surface area contributed by atoms with Gasteiger partial charge in [0.2, 0.25) is 0 Å². The lowest BCUT2D eigenvalue weighted by atomic mass is 10.2. The summed E-state index contributed by atoms with van der Waals surface area (Å²) in [5, 5.41) is 11.8. The van der Waals surface area contributed by atoms with Crippen LogP contribution in [0.2, 0.25) is 0 Å². The fraction of sp³-hybridized carbons (Fsp3) is 0.417. The molecule has 4 heteroatoms. The van der Waals surface area contributed by atoms with Gasteiger partial charge in [-0.1, -0.05) is 13.3 Å². The highest BCUT2D eigenvalue weighted by Crippen LogP contribution is 2.09. The van der Waals surface area contributed by atoms with Crippen molar-refractivity contribution in [2.45, 2.75) is 25.1 Å². The molecule has 1 rings (SSSR count). The van der Waals surface area contributed by atoms with Crippen LogP contribution < -0.4 is 5.32 Å². The molecule has 0 spiro atoms. The molecule has 0 radical (unpaired) electrons. The molecule has 0 saturated heterocycles. The van der Waals surface area contributed by atoms with Crippen LogP contribution in [0.1, 0.15) is 30.1 Å². The van der Waals surface area contributed by atoms with Gasteiger partial charge >= 0.3 is 0 Å². The van der Waals surface area contributed by atoms with Gasteiger partial charge in [0.15, 0.2) is 0 Å². The van der Waals surface area contributed by atoms with Gasteiger partial charge < -0.3 is 10.4 Å². The molecular formula is C12H16ClNO2. The minimum Gasteiger partial charge on any atom is -0.508 e. The topological polar surface area (TPSA) is 49.3 Å². The van der Waals surface area contributed by atoms with Gasteiger partial charge in [-0.3, -0.25) is 4.79 Å². The van der Waals surface area contributed by atoms with Gasteiger partial charge in [-0.2, -0.15) is 0 Å². The van der Waals surface area contributed by atoms with E-state index in [1.807, 2.05) is 0 Å². The lowest BCUT2D eigenvalue weighted by Gasteiger charge is -2.09. The average molecular weight is 242 g/mol. The molecule has 1 unspecified atom stereocenters. The Bertz CT molecular complexity index is 337. The molecule has 0 fully saturated rings. The number of nitrogens with one attached hydrogen (secondary N) is 1. The monoisotopic (exact) mass is 241 g/mol. The molecule has 0 aromatic heterocycles. The zero-order chi connectivity index (χ0) is 12.0. The third-order valence-electron chi connectivity index (χ3n) is 2.22. The number of hydrogen-bond donors (Lipinski definition) is 2. The summed E-state index contributed by atoms with van der Waals surface area (Å²) in [6.07, 6.45) is 1.89. The van der Waals surface area contributed by atoms with Crippen LogP contribution in [0.3, 0.4) is 0 Å². The molecular weight excluding hydrogens is 226 g/mol. The molecule has 0 aliphatic heterocycles. The van der Waals surface area contributed by atoms with Crippen LogP contribution in [0.15, 0.2) is 24.3 Å². The number of carbonyl (C=O) groups excluding carboxylic acids is 1. The summed E-state index contributed by atoms with van der Waals surface area (Å²) in [4.78, 5) is 11.6. The molecule has 0 saturated carbocycles. The second-order valence-corrected chi connectivity index (χ2v) is 4.26. The Morgan fingerprint density at radius 3 is 2.62 bits per heavy atom. The van der Waals surface area contributed by atoms with Gasteiger partial charge in [-0.25, -0.2) is 0 Å². The Morgan fingerprint density at radius 2 is 2.06 bits per heavy atom. The highest BCUT2D eigenvalue weighted by molar-refractivity contribution is 6.20. The lowest BCUT2D eigenvalue weighted by Crippen LogP contribution is -2.29. The Morgan fingerprint density at radius 1 is 1.44 bits per heavy atom. The van der Waals surface area contributed by atoms with Gasteiger partial charge in [-0.15, -0.1) is 11.6 Å². The number of benzene rings is 1. The Hall–Kier alpha value is -1.22. The SMILES string of the molecule is CCCC(Cl)CNC(=O)c1ccc(O)cc1. The Labute approximate surface area is 100 Å². The number of alkyl halides is 1. The van der Waals surface area contributed by atoms with E-state index in [2.05, 4.69) is 12.2 Å². The fourth-order valence-corrected chi connectivity index (χ4v) is 1.63. The first-order valence-corrected chi connectivity index (χ1v) is 5.78. The number of rotatable bonds is 5. The van der Waals surface area contributed by atoms with E-state index in [9.17, 15) is 4.79 Å². The van der Waals surface area contributed by atoms with Crippen molar-refractivity contribution in [1.29, 1.82) is 0 Å². The zero-order valence-electron chi connectivity index (χ0n) is 9.24. The van der Waals surface area contributed by atoms with E-state index < -0.39 is 0 Å². The largest absolute Gasteiger partial charge is 0.508 e. The molecule has 0 heterocycles. The molecule has 0 aliphatic carbocycles. The summed E-state index contributed by atoms with van der Waals surface area (Å²) < 4.78 is 0. The van der Waals surface area contributed by atoms with Gasteiger partial charge in [0.25, 0.3) is 5.91 Å². The minimum absolute atomic E-state index is 0.0222. The van der Waals surface area contributed by atoms with Crippen molar-refractivity contribution in [3.8, 4) is 5.75 Å². The van der Waals surface area contributed by atoms with Crippen LogP contribution in [0.5, 0.6) is 5.75 Å². The first-order valence-electron chi connectivity index (χ1n) is 5.34. The maximum absolute atomic E-state index is 11.6. The standard InChI is InChI=1S/C12H16ClNO2/c1-2-3-10(13)8-14-12(16)9-4-6-11(15)7-5-9/h4-7,10,15H,2-3,8H2,1H3,(H,14,16). The number of amides is 1. The molecule has 2 N–H and O–H groups in total. The first kappa shape index (κ1) is 12.8. The summed E-state index contributed by atoms with van der Waals surface area (Å²) in [7, 11) is 0. The Kier molecular flexibility index (Phi) is 5.12. The number of halogens is 1. The third-order valence-corrected chi connectivity index (χ3v) is 2.59. The van der Waals surface area contributed by atoms with E-state index in [-0.39, 0.29) is 17.0 Å². The first-order chi connectivity index (χ1) is 7.63. The van der Waals surface area contributed by atoms with Crippen LogP contribution >= 0.6 is 11.6 Å². The summed E-state index contributed by atoms with van der Waals surface area (Å²) in [5.74, 6) is -0.0143. The van der Waals surface area contributed by atoms with Crippen molar-refractivity contribution in [3.63, 3.8) is 0 Å². The molecule has 1 atom stereocenters. The van der Waals surface area contributed by atoms with Crippen molar-refractivity contribution < 1.29 is 9.90 Å².